The van der Waals surface area contributed by atoms with Crippen LogP contribution in [-0.4, -0.2) is 77.6 Å². The van der Waals surface area contributed by atoms with Crippen LogP contribution in [0.3, 0.4) is 0 Å². The SMILES string of the molecule is O=C1C=CC(=O)N1C1CCC(CC2CCC(N3C(=O)C=CC3=O)CC2)CC1.O=C1C=CC(=O)N1c1ccc(S(=O)(=O)c2ccc(N3C(=O)C=CC3=O)cc2)cc1. The number of anilines is 2. The van der Waals surface area contributed by atoms with E-state index in [2.05, 4.69) is 0 Å². The van der Waals surface area contributed by atoms with Crippen LogP contribution in [0.1, 0.15) is 57.8 Å². The van der Waals surface area contributed by atoms with Gasteiger partial charge in [0.05, 0.1) is 21.2 Å². The number of carbonyl (C=O) groups excluding carboxylic acids is 8. The van der Waals surface area contributed by atoms with Gasteiger partial charge in [0.15, 0.2) is 0 Å². The van der Waals surface area contributed by atoms with Gasteiger partial charge < -0.3 is 0 Å². The van der Waals surface area contributed by atoms with Crippen molar-refractivity contribution in [2.24, 2.45) is 11.8 Å². The number of carbonyl (C=O) groups is 8. The lowest BCUT2D eigenvalue weighted by Crippen LogP contribution is -2.43. The third kappa shape index (κ3) is 7.58. The van der Waals surface area contributed by atoms with Gasteiger partial charge in [-0.25, -0.2) is 18.2 Å². The smallest absolute Gasteiger partial charge is 0.258 e. The van der Waals surface area contributed by atoms with Gasteiger partial charge in [-0.3, -0.25) is 48.2 Å². The second-order valence-corrected chi connectivity index (χ2v) is 16.5. The largest absolute Gasteiger partial charge is 0.272 e. The first kappa shape index (κ1) is 38.2. The fraction of sp³-hybridized carbons (Fsp3) is 0.317. The highest BCUT2D eigenvalue weighted by atomic mass is 32.2. The van der Waals surface area contributed by atoms with Crippen molar-refractivity contribution in [3.05, 3.63) is 97.1 Å². The number of nitrogens with zero attached hydrogens (tertiary/aromatic N) is 4. The predicted octanol–water partition coefficient (Wildman–Crippen LogP) is 3.72. The number of amides is 8. The maximum Gasteiger partial charge on any atom is 0.258 e. The molecule has 14 nitrogen and oxygen atoms in total. The van der Waals surface area contributed by atoms with Crippen molar-refractivity contribution in [3.63, 3.8) is 0 Å². The monoisotopic (exact) mass is 778 g/mol. The summed E-state index contributed by atoms with van der Waals surface area (Å²) in [5.41, 5.74) is 0.524. The van der Waals surface area contributed by atoms with Crippen molar-refractivity contribution < 1.29 is 46.8 Å². The second-order valence-electron chi connectivity index (χ2n) is 14.5. The lowest BCUT2D eigenvalue weighted by molar-refractivity contribution is -0.141. The summed E-state index contributed by atoms with van der Waals surface area (Å²) in [5.74, 6) is -1.35. The molecule has 2 aliphatic carbocycles. The number of imide groups is 4. The molecule has 2 saturated carbocycles. The molecule has 6 aliphatic rings. The summed E-state index contributed by atoms with van der Waals surface area (Å²) in [5, 5.41) is 0. The molecule has 0 radical (unpaired) electrons. The van der Waals surface area contributed by atoms with Crippen LogP contribution in [0.2, 0.25) is 0 Å². The van der Waals surface area contributed by atoms with E-state index in [-0.39, 0.29) is 56.9 Å². The number of hydrogen-bond donors (Lipinski definition) is 0. The predicted molar refractivity (Wildman–Crippen MR) is 200 cm³/mol. The molecule has 0 saturated heterocycles. The molecule has 0 aromatic heterocycles. The lowest BCUT2D eigenvalue weighted by atomic mass is 9.75. The summed E-state index contributed by atoms with van der Waals surface area (Å²) < 4.78 is 25.7. The molecule has 8 amide bonds. The molecule has 0 N–H and O–H groups in total. The third-order valence-electron chi connectivity index (χ3n) is 11.1. The number of hydrogen-bond acceptors (Lipinski definition) is 10. The highest BCUT2D eigenvalue weighted by molar-refractivity contribution is 7.91. The van der Waals surface area contributed by atoms with E-state index in [1.807, 2.05) is 0 Å². The molecule has 56 heavy (non-hydrogen) atoms. The summed E-state index contributed by atoms with van der Waals surface area (Å²) in [6.07, 6.45) is 19.1. The quantitative estimate of drug-likeness (QED) is 0.358. The first-order chi connectivity index (χ1) is 26.8. The van der Waals surface area contributed by atoms with Crippen LogP contribution in [0.4, 0.5) is 11.4 Å². The minimum absolute atomic E-state index is 0.0314. The first-order valence-corrected chi connectivity index (χ1v) is 20.0. The summed E-state index contributed by atoms with van der Waals surface area (Å²) in [7, 11) is -3.88. The molecule has 0 unspecified atom stereocenters. The standard InChI is InChI=1S/C21H26N2O4.C20H12N2O6S/c24-18-9-10-19(25)22(18)16-5-1-14(2-6-16)13-15-3-7-17(8-4-15)23-20(26)11-12-21(23)27;23-17-9-10-18(24)21(17)13-1-5-15(6-2-13)29(27,28)16-7-3-14(4-8-16)22-19(25)11-12-20(22)26/h9-12,14-17H,1-8,13H2;1-12H. The molecule has 15 heteroatoms. The minimum atomic E-state index is -3.88. The average Bonchev–Trinajstić information content (AvgIpc) is 3.93. The van der Waals surface area contributed by atoms with Gasteiger partial charge >= 0.3 is 0 Å². The Morgan fingerprint density at radius 3 is 0.946 bits per heavy atom. The molecule has 0 bridgehead atoms. The highest BCUT2D eigenvalue weighted by Gasteiger charge is 2.37. The summed E-state index contributed by atoms with van der Waals surface area (Å²) in [6.45, 7) is 0. The van der Waals surface area contributed by atoms with E-state index in [1.165, 1.54) is 89.1 Å². The normalized spacial score (nSPS) is 25.0. The molecule has 4 heterocycles. The molecule has 2 aromatic carbocycles. The van der Waals surface area contributed by atoms with E-state index in [0.717, 1.165) is 85.5 Å². The Labute approximate surface area is 322 Å². The Morgan fingerprint density at radius 2 is 0.661 bits per heavy atom. The fourth-order valence-electron chi connectivity index (χ4n) is 8.29. The maximum atomic E-state index is 12.8. The lowest BCUT2D eigenvalue weighted by Gasteiger charge is -2.37. The third-order valence-corrected chi connectivity index (χ3v) is 12.9. The van der Waals surface area contributed by atoms with E-state index in [9.17, 15) is 46.8 Å². The molecule has 288 valence electrons. The van der Waals surface area contributed by atoms with Gasteiger partial charge in [0.2, 0.25) is 9.84 Å². The fourth-order valence-corrected chi connectivity index (χ4v) is 9.55. The number of benzene rings is 2. The van der Waals surface area contributed by atoms with E-state index in [4.69, 9.17) is 0 Å². The first-order valence-electron chi connectivity index (χ1n) is 18.5. The zero-order valence-electron chi connectivity index (χ0n) is 30.2. The van der Waals surface area contributed by atoms with Crippen LogP contribution in [0.25, 0.3) is 0 Å². The van der Waals surface area contributed by atoms with Crippen molar-refractivity contribution in [3.8, 4) is 0 Å². The number of rotatable bonds is 8. The molecule has 2 fully saturated rings. The van der Waals surface area contributed by atoms with Crippen molar-refractivity contribution >= 4 is 68.5 Å². The van der Waals surface area contributed by atoms with E-state index in [1.54, 1.807) is 0 Å². The van der Waals surface area contributed by atoms with Crippen LogP contribution in [0.15, 0.2) is 107 Å². The highest BCUT2D eigenvalue weighted by Crippen LogP contribution is 2.38. The Balaban J connectivity index is 0.000000172. The van der Waals surface area contributed by atoms with Gasteiger partial charge in [0, 0.05) is 60.7 Å². The summed E-state index contributed by atoms with van der Waals surface area (Å²) in [4.78, 5) is 98.9. The molecule has 0 atom stereocenters. The van der Waals surface area contributed by atoms with Gasteiger partial charge in [0.1, 0.15) is 0 Å². The Kier molecular flexibility index (Phi) is 10.6. The van der Waals surface area contributed by atoms with Crippen molar-refractivity contribution in [1.29, 1.82) is 0 Å². The second kappa shape index (κ2) is 15.6. The molecular formula is C41H38N4O10S. The summed E-state index contributed by atoms with van der Waals surface area (Å²) >= 11 is 0. The van der Waals surface area contributed by atoms with E-state index in [0.29, 0.717) is 11.8 Å². The van der Waals surface area contributed by atoms with Gasteiger partial charge in [-0.05, 0) is 118 Å². The zero-order chi connectivity index (χ0) is 39.7. The Hall–Kier alpha value is -6.09. The minimum Gasteiger partial charge on any atom is -0.272 e. The van der Waals surface area contributed by atoms with E-state index >= 15 is 0 Å². The van der Waals surface area contributed by atoms with Gasteiger partial charge in [-0.15, -0.1) is 0 Å². The Morgan fingerprint density at radius 1 is 0.393 bits per heavy atom. The molecule has 4 aliphatic heterocycles. The van der Waals surface area contributed by atoms with Gasteiger partial charge in [-0.2, -0.15) is 0 Å². The van der Waals surface area contributed by atoms with Crippen molar-refractivity contribution in [1.82, 2.24) is 9.80 Å². The van der Waals surface area contributed by atoms with Crippen molar-refractivity contribution in [2.75, 3.05) is 9.80 Å². The van der Waals surface area contributed by atoms with E-state index < -0.39 is 33.5 Å². The van der Waals surface area contributed by atoms with Crippen LogP contribution in [0.5, 0.6) is 0 Å². The van der Waals surface area contributed by atoms with Crippen LogP contribution in [0, 0.1) is 11.8 Å². The van der Waals surface area contributed by atoms with Crippen LogP contribution in [-0.2, 0) is 48.2 Å². The molecular weight excluding hydrogens is 741 g/mol. The average molecular weight is 779 g/mol. The van der Waals surface area contributed by atoms with Crippen LogP contribution >= 0.6 is 0 Å². The van der Waals surface area contributed by atoms with Gasteiger partial charge in [0.25, 0.3) is 47.3 Å². The molecule has 8 rings (SSSR count). The topological polar surface area (TPSA) is 184 Å². The maximum absolute atomic E-state index is 12.8. The summed E-state index contributed by atoms with van der Waals surface area (Å²) in [6, 6.07) is 10.8. The van der Waals surface area contributed by atoms with Crippen LogP contribution < -0.4 is 9.80 Å². The van der Waals surface area contributed by atoms with Gasteiger partial charge in [-0.1, -0.05) is 0 Å². The number of sulfone groups is 1. The van der Waals surface area contributed by atoms with Crippen molar-refractivity contribution in [2.45, 2.75) is 79.7 Å². The Bertz CT molecular complexity index is 2020. The zero-order valence-corrected chi connectivity index (χ0v) is 31.0. The molecule has 2 aromatic rings. The molecule has 0 spiro atoms.